The van der Waals surface area contributed by atoms with Crippen molar-refractivity contribution in [2.75, 3.05) is 5.73 Å². The van der Waals surface area contributed by atoms with E-state index in [1.54, 1.807) is 24.3 Å². The van der Waals surface area contributed by atoms with E-state index in [1.807, 2.05) is 6.92 Å². The van der Waals surface area contributed by atoms with Crippen LogP contribution in [0.4, 0.5) is 10.1 Å². The maximum absolute atomic E-state index is 13.2. The Bertz CT molecular complexity index is 645. The molecule has 2 aromatic carbocycles. The molecule has 0 saturated heterocycles. The normalized spacial score (nSPS) is 12.4. The third kappa shape index (κ3) is 3.42. The van der Waals surface area contributed by atoms with Crippen LogP contribution in [0.25, 0.3) is 0 Å². The van der Waals surface area contributed by atoms with E-state index in [2.05, 4.69) is 15.9 Å². The van der Waals surface area contributed by atoms with Crippen LogP contribution in [-0.2, 0) is 16.6 Å². The Morgan fingerprint density at radius 2 is 2.00 bits per heavy atom. The molecule has 0 aromatic heterocycles. The Morgan fingerprint density at radius 3 is 2.68 bits per heavy atom. The number of benzene rings is 2. The molecule has 0 bridgehead atoms. The van der Waals surface area contributed by atoms with Gasteiger partial charge in [-0.05, 0) is 48.4 Å². The van der Waals surface area contributed by atoms with Gasteiger partial charge in [0.1, 0.15) is 5.82 Å². The second-order valence-electron chi connectivity index (χ2n) is 4.24. The topological polar surface area (TPSA) is 43.1 Å². The second kappa shape index (κ2) is 5.84. The average molecular weight is 342 g/mol. The van der Waals surface area contributed by atoms with Gasteiger partial charge in [0, 0.05) is 10.2 Å². The number of rotatable bonds is 3. The molecule has 0 aliphatic rings. The van der Waals surface area contributed by atoms with Gasteiger partial charge in [-0.25, -0.2) is 4.39 Å². The Hall–Kier alpha value is -1.20. The maximum Gasteiger partial charge on any atom is 0.123 e. The van der Waals surface area contributed by atoms with Crippen LogP contribution in [0.15, 0.2) is 45.8 Å². The molecule has 0 amide bonds. The molecule has 0 spiro atoms. The Labute approximate surface area is 122 Å². The van der Waals surface area contributed by atoms with Gasteiger partial charge in [0.25, 0.3) is 0 Å². The molecule has 0 aliphatic carbocycles. The maximum atomic E-state index is 13.2. The molecule has 1 unspecified atom stereocenters. The fourth-order valence-electron chi connectivity index (χ4n) is 1.74. The Kier molecular flexibility index (Phi) is 4.37. The van der Waals surface area contributed by atoms with Crippen LogP contribution >= 0.6 is 15.9 Å². The third-order valence-corrected chi connectivity index (χ3v) is 4.74. The van der Waals surface area contributed by atoms with Crippen molar-refractivity contribution in [1.82, 2.24) is 0 Å². The van der Waals surface area contributed by atoms with Gasteiger partial charge in [-0.2, -0.15) is 0 Å². The average Bonchev–Trinajstić information content (AvgIpc) is 2.33. The second-order valence-corrected chi connectivity index (χ2v) is 6.58. The predicted molar refractivity (Wildman–Crippen MR) is 79.8 cm³/mol. The van der Waals surface area contributed by atoms with Crippen molar-refractivity contribution in [1.29, 1.82) is 0 Å². The van der Waals surface area contributed by atoms with E-state index >= 15 is 0 Å². The summed E-state index contributed by atoms with van der Waals surface area (Å²) in [4.78, 5) is 0.576. The SMILES string of the molecule is Cc1ccc(F)cc1CS(=O)c1ccc(Br)cc1N. The molecule has 2 nitrogen and oxygen atoms in total. The first-order valence-electron chi connectivity index (χ1n) is 5.66. The van der Waals surface area contributed by atoms with Gasteiger partial charge in [0.15, 0.2) is 0 Å². The summed E-state index contributed by atoms with van der Waals surface area (Å²) in [5.41, 5.74) is 7.98. The lowest BCUT2D eigenvalue weighted by Crippen LogP contribution is -2.02. The van der Waals surface area contributed by atoms with Crippen LogP contribution in [0.2, 0.25) is 0 Å². The highest BCUT2D eigenvalue weighted by Gasteiger charge is 2.11. The van der Waals surface area contributed by atoms with Crippen molar-refractivity contribution in [3.63, 3.8) is 0 Å². The first-order valence-corrected chi connectivity index (χ1v) is 7.77. The predicted octanol–water partition coefficient (Wildman–Crippen LogP) is 3.79. The van der Waals surface area contributed by atoms with Crippen LogP contribution in [0.3, 0.4) is 0 Å². The molecule has 100 valence electrons. The zero-order chi connectivity index (χ0) is 14.0. The van der Waals surface area contributed by atoms with E-state index in [0.29, 0.717) is 10.6 Å². The minimum Gasteiger partial charge on any atom is -0.398 e. The fourth-order valence-corrected chi connectivity index (χ4v) is 3.41. The number of nitrogens with two attached hydrogens (primary N) is 1. The lowest BCUT2D eigenvalue weighted by Gasteiger charge is -2.08. The molecule has 2 aromatic rings. The molecule has 0 fully saturated rings. The number of halogens is 2. The van der Waals surface area contributed by atoms with Gasteiger partial charge in [0.05, 0.1) is 21.4 Å². The molecule has 0 aliphatic heterocycles. The highest BCUT2D eigenvalue weighted by Crippen LogP contribution is 2.24. The summed E-state index contributed by atoms with van der Waals surface area (Å²) in [6.07, 6.45) is 0. The summed E-state index contributed by atoms with van der Waals surface area (Å²) in [7, 11) is -1.29. The first kappa shape index (κ1) is 14.2. The first-order chi connectivity index (χ1) is 8.97. The van der Waals surface area contributed by atoms with E-state index < -0.39 is 10.8 Å². The zero-order valence-corrected chi connectivity index (χ0v) is 12.7. The van der Waals surface area contributed by atoms with Gasteiger partial charge in [0.2, 0.25) is 0 Å². The smallest absolute Gasteiger partial charge is 0.123 e. The van der Waals surface area contributed by atoms with Gasteiger partial charge >= 0.3 is 0 Å². The molecule has 19 heavy (non-hydrogen) atoms. The summed E-state index contributed by atoms with van der Waals surface area (Å²) in [5, 5.41) is 0. The summed E-state index contributed by atoms with van der Waals surface area (Å²) in [5.74, 6) is -0.0588. The molecule has 0 radical (unpaired) electrons. The van der Waals surface area contributed by atoms with E-state index in [0.717, 1.165) is 15.6 Å². The lowest BCUT2D eigenvalue weighted by molar-refractivity contribution is 0.625. The summed E-state index contributed by atoms with van der Waals surface area (Å²) in [6.45, 7) is 1.87. The van der Waals surface area contributed by atoms with Crippen molar-refractivity contribution in [3.05, 3.63) is 57.8 Å². The highest BCUT2D eigenvalue weighted by atomic mass is 79.9. The van der Waals surface area contributed by atoms with Crippen LogP contribution in [0, 0.1) is 12.7 Å². The van der Waals surface area contributed by atoms with Crippen LogP contribution in [-0.4, -0.2) is 4.21 Å². The van der Waals surface area contributed by atoms with Crippen molar-refractivity contribution in [2.24, 2.45) is 0 Å². The third-order valence-electron chi connectivity index (χ3n) is 2.81. The minimum atomic E-state index is -1.29. The summed E-state index contributed by atoms with van der Waals surface area (Å²) < 4.78 is 26.3. The van der Waals surface area contributed by atoms with Gasteiger partial charge in [-0.3, -0.25) is 4.21 Å². The highest BCUT2D eigenvalue weighted by molar-refractivity contribution is 9.10. The van der Waals surface area contributed by atoms with E-state index in [-0.39, 0.29) is 11.6 Å². The monoisotopic (exact) mass is 341 g/mol. The molecule has 1 atom stereocenters. The quantitative estimate of drug-likeness (QED) is 0.863. The van der Waals surface area contributed by atoms with Crippen LogP contribution in [0.1, 0.15) is 11.1 Å². The van der Waals surface area contributed by atoms with Crippen molar-refractivity contribution in [2.45, 2.75) is 17.6 Å². The van der Waals surface area contributed by atoms with E-state index in [4.69, 9.17) is 5.73 Å². The Balaban J connectivity index is 2.28. The number of aryl methyl sites for hydroxylation is 1. The molecule has 2 rings (SSSR count). The molecular formula is C14H13BrFNOS. The van der Waals surface area contributed by atoms with Gasteiger partial charge in [-0.1, -0.05) is 22.0 Å². The van der Waals surface area contributed by atoms with Crippen LogP contribution in [0.5, 0.6) is 0 Å². The van der Waals surface area contributed by atoms with Crippen molar-refractivity contribution in [3.8, 4) is 0 Å². The largest absolute Gasteiger partial charge is 0.398 e. The summed E-state index contributed by atoms with van der Waals surface area (Å²) in [6, 6.07) is 9.74. The van der Waals surface area contributed by atoms with Crippen molar-refractivity contribution < 1.29 is 8.60 Å². The van der Waals surface area contributed by atoms with E-state index in [9.17, 15) is 8.60 Å². The molecule has 5 heteroatoms. The number of nitrogen functional groups attached to an aromatic ring is 1. The lowest BCUT2D eigenvalue weighted by atomic mass is 10.1. The van der Waals surface area contributed by atoms with Gasteiger partial charge < -0.3 is 5.73 Å². The molecule has 2 N–H and O–H groups in total. The number of hydrogen-bond donors (Lipinski definition) is 1. The Morgan fingerprint density at radius 1 is 1.26 bits per heavy atom. The molecule has 0 heterocycles. The fraction of sp³-hybridized carbons (Fsp3) is 0.143. The van der Waals surface area contributed by atoms with Crippen molar-refractivity contribution >= 4 is 32.4 Å². The van der Waals surface area contributed by atoms with E-state index in [1.165, 1.54) is 12.1 Å². The minimum absolute atomic E-state index is 0.259. The number of anilines is 1. The molecule has 0 saturated carbocycles. The van der Waals surface area contributed by atoms with Gasteiger partial charge in [-0.15, -0.1) is 0 Å². The molecular weight excluding hydrogens is 329 g/mol. The summed E-state index contributed by atoms with van der Waals surface area (Å²) >= 11 is 3.30. The number of hydrogen-bond acceptors (Lipinski definition) is 2. The standard InChI is InChI=1S/C14H13BrFNOS/c1-9-2-4-12(16)6-10(9)8-19(18)14-5-3-11(15)7-13(14)17/h2-7H,8,17H2,1H3. The zero-order valence-electron chi connectivity index (χ0n) is 10.3. The van der Waals surface area contributed by atoms with Crippen LogP contribution < -0.4 is 5.73 Å².